The van der Waals surface area contributed by atoms with Gasteiger partial charge in [0.15, 0.2) is 10.2 Å². The Labute approximate surface area is 102 Å². The highest BCUT2D eigenvalue weighted by Crippen LogP contribution is 2.24. The van der Waals surface area contributed by atoms with E-state index in [4.69, 9.17) is 4.52 Å². The molecular formula is C9H12N4OS2. The van der Waals surface area contributed by atoms with Crippen LogP contribution < -0.4 is 0 Å². The highest BCUT2D eigenvalue weighted by atomic mass is 32.2. The number of hydrogen-bond donors (Lipinski definition) is 0. The maximum absolute atomic E-state index is 5.12. The summed E-state index contributed by atoms with van der Waals surface area (Å²) in [5.41, 5.74) is 0. The average molecular weight is 256 g/mol. The molecule has 0 unspecified atom stereocenters. The summed E-state index contributed by atoms with van der Waals surface area (Å²) < 4.78 is 6.06. The molecule has 0 fully saturated rings. The molecule has 0 amide bonds. The molecule has 0 bridgehead atoms. The molecule has 5 nitrogen and oxygen atoms in total. The van der Waals surface area contributed by atoms with E-state index in [0.717, 1.165) is 28.0 Å². The first-order valence-corrected chi connectivity index (χ1v) is 6.82. The molecule has 0 N–H and O–H groups in total. The second kappa shape index (κ2) is 5.40. The lowest BCUT2D eigenvalue weighted by molar-refractivity contribution is 0.384. The van der Waals surface area contributed by atoms with E-state index in [1.54, 1.807) is 23.1 Å². The van der Waals surface area contributed by atoms with Crippen molar-refractivity contribution >= 4 is 23.1 Å². The molecule has 7 heteroatoms. The van der Waals surface area contributed by atoms with E-state index in [1.165, 1.54) is 0 Å². The summed E-state index contributed by atoms with van der Waals surface area (Å²) >= 11 is 3.15. The van der Waals surface area contributed by atoms with Crippen molar-refractivity contribution in [3.05, 3.63) is 16.7 Å². The van der Waals surface area contributed by atoms with E-state index < -0.39 is 0 Å². The van der Waals surface area contributed by atoms with E-state index in [0.29, 0.717) is 11.6 Å². The van der Waals surface area contributed by atoms with Gasteiger partial charge in [-0.05, 0) is 13.3 Å². The van der Waals surface area contributed by atoms with Crippen LogP contribution in [0.2, 0.25) is 0 Å². The highest BCUT2D eigenvalue weighted by Gasteiger charge is 2.08. The monoisotopic (exact) mass is 256 g/mol. The fourth-order valence-electron chi connectivity index (χ4n) is 1.13. The molecule has 16 heavy (non-hydrogen) atoms. The summed E-state index contributed by atoms with van der Waals surface area (Å²) in [6.07, 6.45) is 1.90. The van der Waals surface area contributed by atoms with Crippen LogP contribution in [0.1, 0.15) is 30.1 Å². The molecule has 0 atom stereocenters. The Kier molecular flexibility index (Phi) is 3.89. The molecule has 86 valence electrons. The zero-order valence-electron chi connectivity index (χ0n) is 9.13. The van der Waals surface area contributed by atoms with E-state index in [-0.39, 0.29) is 0 Å². The van der Waals surface area contributed by atoms with Gasteiger partial charge in [-0.15, -0.1) is 10.2 Å². The molecule has 0 spiro atoms. The first-order chi connectivity index (χ1) is 7.78. The van der Waals surface area contributed by atoms with Gasteiger partial charge in [-0.2, -0.15) is 4.98 Å². The SMILES string of the molecule is CCCc1noc(CSc2nnc(C)s2)n1. The van der Waals surface area contributed by atoms with Crippen LogP contribution in [0.5, 0.6) is 0 Å². The van der Waals surface area contributed by atoms with Crippen molar-refractivity contribution in [3.8, 4) is 0 Å². The van der Waals surface area contributed by atoms with Gasteiger partial charge >= 0.3 is 0 Å². The van der Waals surface area contributed by atoms with Gasteiger partial charge in [0.25, 0.3) is 0 Å². The average Bonchev–Trinajstić information content (AvgIpc) is 2.85. The van der Waals surface area contributed by atoms with Gasteiger partial charge in [0, 0.05) is 6.42 Å². The van der Waals surface area contributed by atoms with Crippen LogP contribution in [-0.4, -0.2) is 20.3 Å². The van der Waals surface area contributed by atoms with Gasteiger partial charge in [0.1, 0.15) is 5.01 Å². The Hall–Kier alpha value is -0.950. The molecule has 2 heterocycles. The van der Waals surface area contributed by atoms with Gasteiger partial charge in [-0.3, -0.25) is 0 Å². The molecule has 0 saturated heterocycles. The molecule has 0 aromatic carbocycles. The highest BCUT2D eigenvalue weighted by molar-refractivity contribution is 8.00. The quantitative estimate of drug-likeness (QED) is 0.766. The number of thioether (sulfide) groups is 1. The Morgan fingerprint density at radius 3 is 2.94 bits per heavy atom. The Morgan fingerprint density at radius 2 is 2.25 bits per heavy atom. The smallest absolute Gasteiger partial charge is 0.237 e. The lowest BCUT2D eigenvalue weighted by atomic mass is 10.3. The summed E-state index contributed by atoms with van der Waals surface area (Å²) in [4.78, 5) is 4.28. The van der Waals surface area contributed by atoms with Gasteiger partial charge in [0.2, 0.25) is 5.89 Å². The van der Waals surface area contributed by atoms with Crippen LogP contribution in [0.4, 0.5) is 0 Å². The van der Waals surface area contributed by atoms with Gasteiger partial charge in [0.05, 0.1) is 5.75 Å². The minimum absolute atomic E-state index is 0.654. The lowest BCUT2D eigenvalue weighted by Gasteiger charge is -1.89. The van der Waals surface area contributed by atoms with Crippen LogP contribution >= 0.6 is 23.1 Å². The second-order valence-corrected chi connectivity index (χ2v) is 5.63. The minimum atomic E-state index is 0.654. The standard InChI is InChI=1S/C9H12N4OS2/c1-3-4-7-10-8(14-13-7)5-15-9-12-11-6(2)16-9/h3-5H2,1-2H3. The largest absolute Gasteiger partial charge is 0.338 e. The zero-order chi connectivity index (χ0) is 11.4. The van der Waals surface area contributed by atoms with Crippen LogP contribution in [0.15, 0.2) is 8.86 Å². The third kappa shape index (κ3) is 3.02. The van der Waals surface area contributed by atoms with Crippen LogP contribution in [0.25, 0.3) is 0 Å². The van der Waals surface area contributed by atoms with Crippen LogP contribution in [0.3, 0.4) is 0 Å². The van der Waals surface area contributed by atoms with Crippen molar-refractivity contribution in [2.75, 3.05) is 0 Å². The Balaban J connectivity index is 1.89. The summed E-state index contributed by atoms with van der Waals surface area (Å²) in [6.45, 7) is 4.03. The van der Waals surface area contributed by atoms with Crippen molar-refractivity contribution in [2.45, 2.75) is 36.8 Å². The first-order valence-electron chi connectivity index (χ1n) is 5.02. The normalized spacial score (nSPS) is 10.9. The van der Waals surface area contributed by atoms with Crippen molar-refractivity contribution in [3.63, 3.8) is 0 Å². The lowest BCUT2D eigenvalue weighted by Crippen LogP contribution is -1.86. The van der Waals surface area contributed by atoms with Crippen molar-refractivity contribution < 1.29 is 4.52 Å². The number of rotatable bonds is 5. The maximum Gasteiger partial charge on any atom is 0.237 e. The fraction of sp³-hybridized carbons (Fsp3) is 0.556. The number of nitrogens with zero attached hydrogens (tertiary/aromatic N) is 4. The predicted octanol–water partition coefficient (Wildman–Crippen LogP) is 2.47. The molecule has 2 aromatic rings. The van der Waals surface area contributed by atoms with E-state index in [2.05, 4.69) is 27.3 Å². The van der Waals surface area contributed by atoms with Crippen LogP contribution in [-0.2, 0) is 12.2 Å². The predicted molar refractivity (Wildman–Crippen MR) is 62.5 cm³/mol. The summed E-state index contributed by atoms with van der Waals surface area (Å²) in [5.74, 6) is 2.10. The summed E-state index contributed by atoms with van der Waals surface area (Å²) in [6, 6.07) is 0. The van der Waals surface area contributed by atoms with Crippen molar-refractivity contribution in [2.24, 2.45) is 0 Å². The number of hydrogen-bond acceptors (Lipinski definition) is 7. The molecular weight excluding hydrogens is 244 g/mol. The zero-order valence-corrected chi connectivity index (χ0v) is 10.8. The first kappa shape index (κ1) is 11.5. The van der Waals surface area contributed by atoms with Gasteiger partial charge in [-0.1, -0.05) is 35.2 Å². The van der Waals surface area contributed by atoms with Gasteiger partial charge < -0.3 is 4.52 Å². The maximum atomic E-state index is 5.12. The summed E-state index contributed by atoms with van der Waals surface area (Å²) in [7, 11) is 0. The molecule has 0 aliphatic rings. The third-order valence-corrected chi connectivity index (χ3v) is 3.77. The van der Waals surface area contributed by atoms with Gasteiger partial charge in [-0.25, -0.2) is 0 Å². The molecule has 0 saturated carbocycles. The molecule has 2 rings (SSSR count). The van der Waals surface area contributed by atoms with E-state index in [1.807, 2.05) is 6.92 Å². The molecule has 0 radical (unpaired) electrons. The van der Waals surface area contributed by atoms with E-state index >= 15 is 0 Å². The van der Waals surface area contributed by atoms with Crippen molar-refractivity contribution in [1.29, 1.82) is 0 Å². The Bertz CT molecular complexity index is 454. The number of aryl methyl sites for hydroxylation is 2. The third-order valence-electron chi connectivity index (χ3n) is 1.81. The summed E-state index contributed by atoms with van der Waals surface area (Å²) in [5, 5.41) is 12.8. The fourth-order valence-corrected chi connectivity index (χ4v) is 2.79. The number of aromatic nitrogens is 4. The molecule has 2 aromatic heterocycles. The van der Waals surface area contributed by atoms with Crippen molar-refractivity contribution in [1.82, 2.24) is 20.3 Å². The van der Waals surface area contributed by atoms with Crippen LogP contribution in [0, 0.1) is 6.92 Å². The minimum Gasteiger partial charge on any atom is -0.338 e. The van der Waals surface area contributed by atoms with E-state index in [9.17, 15) is 0 Å². The molecule has 0 aliphatic carbocycles. The molecule has 0 aliphatic heterocycles. The second-order valence-electron chi connectivity index (χ2n) is 3.23. The topological polar surface area (TPSA) is 64.7 Å². The Morgan fingerprint density at radius 1 is 1.38 bits per heavy atom.